The van der Waals surface area contributed by atoms with Crippen molar-refractivity contribution >= 4 is 77.0 Å². The summed E-state index contributed by atoms with van der Waals surface area (Å²) in [7, 11) is 0. The monoisotopic (exact) mass is 870 g/mol. The molecule has 0 aliphatic heterocycles. The second-order valence-electron chi connectivity index (χ2n) is 13.8. The molecule has 0 saturated carbocycles. The standard InChI is InChI=1S/C23H21N3.C23H20N3.Ir/c2*1-4-15-12-19-21(13-16(15)5-2)26-20-9-7-6-8-17(20)22-18(23(26)25-19)11-10-14(3)24-22;/h6-13H,4-5H2,1-3H3;6-10,12-13H,4-5H2,1-3H3;/q;-1;. The van der Waals surface area contributed by atoms with Gasteiger partial charge in [-0.2, -0.15) is 0 Å². The third kappa shape index (κ3) is 5.48. The van der Waals surface area contributed by atoms with E-state index in [0.29, 0.717) is 0 Å². The van der Waals surface area contributed by atoms with Crippen LogP contribution in [0.3, 0.4) is 0 Å². The van der Waals surface area contributed by atoms with E-state index in [2.05, 4.69) is 127 Å². The minimum Gasteiger partial charge on any atom is -0.348 e. The maximum absolute atomic E-state index is 5.03. The van der Waals surface area contributed by atoms with E-state index in [1.54, 1.807) is 0 Å². The van der Waals surface area contributed by atoms with Crippen LogP contribution < -0.4 is 0 Å². The number of nitrogens with zero attached hydrogens (tertiary/aromatic N) is 6. The minimum absolute atomic E-state index is 0. The Balaban J connectivity index is 0.000000148. The fourth-order valence-corrected chi connectivity index (χ4v) is 8.13. The molecule has 6 nitrogen and oxygen atoms in total. The molecule has 10 aromatic rings. The first kappa shape index (κ1) is 34.8. The molecule has 0 bridgehead atoms. The molecular weight excluding hydrogens is 829 g/mol. The topological polar surface area (TPSA) is 60.4 Å². The number of imidazole rings is 2. The van der Waals surface area contributed by atoms with Gasteiger partial charge in [-0.05, 0) is 120 Å². The summed E-state index contributed by atoms with van der Waals surface area (Å²) in [4.78, 5) is 19.7. The normalized spacial score (nSPS) is 11.7. The minimum atomic E-state index is 0. The molecule has 6 heterocycles. The summed E-state index contributed by atoms with van der Waals surface area (Å²) in [5, 5.41) is 4.42. The fraction of sp³-hybridized carbons (Fsp3) is 0.217. The molecule has 6 aromatic heterocycles. The fourth-order valence-electron chi connectivity index (χ4n) is 8.13. The molecule has 0 fully saturated rings. The molecule has 53 heavy (non-hydrogen) atoms. The van der Waals surface area contributed by atoms with Crippen LogP contribution in [0, 0.1) is 19.9 Å². The molecule has 0 aliphatic rings. The van der Waals surface area contributed by atoms with Gasteiger partial charge < -0.3 is 9.38 Å². The zero-order valence-electron chi connectivity index (χ0n) is 31.0. The molecule has 0 atom stereocenters. The maximum atomic E-state index is 5.03. The number of rotatable bonds is 4. The number of aromatic nitrogens is 6. The number of hydrogen-bond donors (Lipinski definition) is 0. The summed E-state index contributed by atoms with van der Waals surface area (Å²) in [5.41, 5.74) is 18.3. The van der Waals surface area contributed by atoms with Crippen LogP contribution in [0.4, 0.5) is 0 Å². The second kappa shape index (κ2) is 13.6. The van der Waals surface area contributed by atoms with Crippen LogP contribution in [-0.4, -0.2) is 28.7 Å². The molecule has 10 rings (SSSR count). The van der Waals surface area contributed by atoms with Crippen molar-refractivity contribution in [3.05, 3.63) is 131 Å². The summed E-state index contributed by atoms with van der Waals surface area (Å²) >= 11 is 0. The summed E-state index contributed by atoms with van der Waals surface area (Å²) in [6.07, 6.45) is 4.14. The van der Waals surface area contributed by atoms with Crippen LogP contribution in [0.1, 0.15) is 61.3 Å². The Hall–Kier alpha value is -5.23. The summed E-state index contributed by atoms with van der Waals surface area (Å²) < 4.78 is 4.59. The van der Waals surface area contributed by atoms with E-state index in [9.17, 15) is 0 Å². The Bertz CT molecular complexity index is 2840. The molecule has 0 aliphatic carbocycles. The van der Waals surface area contributed by atoms with Gasteiger partial charge >= 0.3 is 0 Å². The van der Waals surface area contributed by atoms with E-state index in [1.165, 1.54) is 44.2 Å². The molecule has 0 spiro atoms. The summed E-state index contributed by atoms with van der Waals surface area (Å²) in [5.74, 6) is 0. The molecule has 7 heteroatoms. The predicted molar refractivity (Wildman–Crippen MR) is 217 cm³/mol. The van der Waals surface area contributed by atoms with Crippen molar-refractivity contribution in [2.75, 3.05) is 0 Å². The van der Waals surface area contributed by atoms with Crippen LogP contribution in [0.15, 0.2) is 91.0 Å². The molecule has 0 saturated heterocycles. The van der Waals surface area contributed by atoms with Gasteiger partial charge in [0.15, 0.2) is 0 Å². The molecule has 0 unspecified atom stereocenters. The van der Waals surface area contributed by atoms with Crippen LogP contribution >= 0.6 is 0 Å². The van der Waals surface area contributed by atoms with E-state index >= 15 is 0 Å². The van der Waals surface area contributed by atoms with Gasteiger partial charge in [0.1, 0.15) is 5.65 Å². The van der Waals surface area contributed by atoms with Gasteiger partial charge in [0.25, 0.3) is 0 Å². The Labute approximate surface area is 322 Å². The average Bonchev–Trinajstić information content (AvgIpc) is 3.75. The van der Waals surface area contributed by atoms with Gasteiger partial charge in [-0.1, -0.05) is 76.4 Å². The molecule has 4 aromatic carbocycles. The third-order valence-electron chi connectivity index (χ3n) is 10.7. The van der Waals surface area contributed by atoms with E-state index in [1.807, 2.05) is 19.9 Å². The first-order chi connectivity index (χ1) is 25.4. The van der Waals surface area contributed by atoms with E-state index in [4.69, 9.17) is 19.9 Å². The van der Waals surface area contributed by atoms with Gasteiger partial charge in [-0.25, -0.2) is 4.98 Å². The van der Waals surface area contributed by atoms with E-state index in [-0.39, 0.29) is 20.1 Å². The predicted octanol–water partition coefficient (Wildman–Crippen LogP) is 11.0. The van der Waals surface area contributed by atoms with Gasteiger partial charge in [-0.3, -0.25) is 14.4 Å². The van der Waals surface area contributed by atoms with E-state index in [0.717, 1.165) is 92.1 Å². The smallest absolute Gasteiger partial charge is 0.147 e. The average molecular weight is 870 g/mol. The quantitative estimate of drug-likeness (QED) is 0.131. The maximum Gasteiger partial charge on any atom is 0.147 e. The molecule has 0 N–H and O–H groups in total. The number of hydrogen-bond acceptors (Lipinski definition) is 4. The Morgan fingerprint density at radius 2 is 0.981 bits per heavy atom. The van der Waals surface area contributed by atoms with Crippen molar-refractivity contribution in [1.82, 2.24) is 28.7 Å². The van der Waals surface area contributed by atoms with Crippen LogP contribution in [0.25, 0.3) is 77.0 Å². The first-order valence-electron chi connectivity index (χ1n) is 18.6. The Kier molecular flexibility index (Phi) is 8.96. The zero-order chi connectivity index (χ0) is 35.7. The van der Waals surface area contributed by atoms with Crippen LogP contribution in [0.2, 0.25) is 0 Å². The van der Waals surface area contributed by atoms with Gasteiger partial charge in [0.05, 0.1) is 38.7 Å². The first-order valence-corrected chi connectivity index (χ1v) is 18.6. The number of para-hydroxylation sites is 2. The van der Waals surface area contributed by atoms with Crippen molar-refractivity contribution in [1.29, 1.82) is 0 Å². The molecule has 1 radical (unpaired) electrons. The van der Waals surface area contributed by atoms with Crippen molar-refractivity contribution in [3.8, 4) is 0 Å². The largest absolute Gasteiger partial charge is 0.348 e. The SMILES string of the molecule is CCc1cc2nc3c4[c-]cc(C)nc4c4ccccc4n3c2cc1CC.CCc1cc2nc3c4ccc(C)nc4c4ccccc4n3c2cc1CC.[Ir]. The van der Waals surface area contributed by atoms with Gasteiger partial charge in [0.2, 0.25) is 0 Å². The molecule has 0 amide bonds. The third-order valence-corrected chi connectivity index (χ3v) is 10.7. The summed E-state index contributed by atoms with van der Waals surface area (Å²) in [6, 6.07) is 35.7. The van der Waals surface area contributed by atoms with Crippen LogP contribution in [-0.2, 0) is 45.8 Å². The van der Waals surface area contributed by atoms with Crippen molar-refractivity contribution in [2.45, 2.75) is 67.2 Å². The Morgan fingerprint density at radius 1 is 0.491 bits per heavy atom. The van der Waals surface area contributed by atoms with Crippen LogP contribution in [0.5, 0.6) is 0 Å². The number of pyridine rings is 4. The summed E-state index contributed by atoms with van der Waals surface area (Å²) in [6.45, 7) is 12.9. The van der Waals surface area contributed by atoms with Crippen molar-refractivity contribution in [3.63, 3.8) is 0 Å². The van der Waals surface area contributed by atoms with Gasteiger partial charge in [0, 0.05) is 42.1 Å². The number of fused-ring (bicyclic) bond motifs is 16. The zero-order valence-corrected chi connectivity index (χ0v) is 33.4. The van der Waals surface area contributed by atoms with Gasteiger partial charge in [-0.15, -0.1) is 12.1 Å². The second-order valence-corrected chi connectivity index (χ2v) is 13.8. The van der Waals surface area contributed by atoms with Crippen molar-refractivity contribution in [2.24, 2.45) is 0 Å². The number of benzene rings is 4. The number of aryl methyl sites for hydroxylation is 6. The molecular formula is C46H41IrN6-. The van der Waals surface area contributed by atoms with Crippen molar-refractivity contribution < 1.29 is 20.1 Å². The van der Waals surface area contributed by atoms with E-state index < -0.39 is 0 Å². The Morgan fingerprint density at radius 3 is 1.57 bits per heavy atom. The molecule has 265 valence electrons.